The molecule has 0 bridgehead atoms. The highest BCUT2D eigenvalue weighted by Crippen LogP contribution is 2.21. The van der Waals surface area contributed by atoms with Crippen LogP contribution in [-0.4, -0.2) is 23.8 Å². The topological polar surface area (TPSA) is 76.8 Å². The van der Waals surface area contributed by atoms with Crippen LogP contribution in [0, 0.1) is 10.1 Å². The molecular weight excluding hydrogens is 294 g/mol. The zero-order valence-electron chi connectivity index (χ0n) is 12.6. The van der Waals surface area contributed by atoms with Crippen molar-refractivity contribution in [1.82, 2.24) is 5.32 Å². The number of rotatable bonds is 5. The van der Waals surface area contributed by atoms with E-state index in [9.17, 15) is 10.1 Å². The second kappa shape index (κ2) is 6.91. The summed E-state index contributed by atoms with van der Waals surface area (Å²) in [4.78, 5) is 14.8. The van der Waals surface area contributed by atoms with E-state index in [1.807, 2.05) is 24.3 Å². The van der Waals surface area contributed by atoms with E-state index in [-0.39, 0.29) is 5.69 Å². The lowest BCUT2D eigenvalue weighted by atomic mass is 10.1. The minimum absolute atomic E-state index is 0.0786. The van der Waals surface area contributed by atoms with Crippen LogP contribution in [0.5, 0.6) is 5.75 Å². The van der Waals surface area contributed by atoms with Crippen LogP contribution in [0.1, 0.15) is 17.5 Å². The first kappa shape index (κ1) is 15.0. The predicted octanol–water partition coefficient (Wildman–Crippen LogP) is 2.91. The van der Waals surface area contributed by atoms with Gasteiger partial charge in [-0.15, -0.1) is 0 Å². The van der Waals surface area contributed by atoms with Crippen LogP contribution in [0.2, 0.25) is 0 Å². The maximum atomic E-state index is 10.7. The van der Waals surface area contributed by atoms with Gasteiger partial charge in [0.2, 0.25) is 0 Å². The molecule has 0 radical (unpaired) electrons. The first-order valence-electron chi connectivity index (χ1n) is 7.48. The largest absolute Gasteiger partial charge is 0.488 e. The van der Waals surface area contributed by atoms with Gasteiger partial charge in [-0.25, -0.2) is 0 Å². The Morgan fingerprint density at radius 1 is 1.17 bits per heavy atom. The Balaban J connectivity index is 1.73. The Morgan fingerprint density at radius 3 is 2.65 bits per heavy atom. The van der Waals surface area contributed by atoms with Crippen LogP contribution in [-0.2, 0) is 6.61 Å². The van der Waals surface area contributed by atoms with Crippen LogP contribution in [0.4, 0.5) is 5.69 Å². The van der Waals surface area contributed by atoms with Crippen molar-refractivity contribution in [3.63, 3.8) is 0 Å². The van der Waals surface area contributed by atoms with E-state index in [0.717, 1.165) is 42.2 Å². The van der Waals surface area contributed by atoms with Crippen LogP contribution < -0.4 is 10.1 Å². The highest BCUT2D eigenvalue weighted by Gasteiger charge is 2.12. The molecule has 0 atom stereocenters. The van der Waals surface area contributed by atoms with Gasteiger partial charge in [0.1, 0.15) is 18.2 Å². The number of amidine groups is 1. The summed E-state index contributed by atoms with van der Waals surface area (Å²) in [6.45, 7) is 2.08. The fourth-order valence-electron chi connectivity index (χ4n) is 2.38. The molecule has 0 aromatic heterocycles. The molecule has 0 saturated heterocycles. The summed E-state index contributed by atoms with van der Waals surface area (Å²) in [7, 11) is 0. The zero-order valence-corrected chi connectivity index (χ0v) is 12.6. The van der Waals surface area contributed by atoms with E-state index in [4.69, 9.17) is 4.74 Å². The predicted molar refractivity (Wildman–Crippen MR) is 87.9 cm³/mol. The second-order valence-electron chi connectivity index (χ2n) is 5.22. The maximum Gasteiger partial charge on any atom is 0.269 e. The van der Waals surface area contributed by atoms with E-state index in [2.05, 4.69) is 10.3 Å². The molecule has 2 aromatic rings. The molecule has 0 saturated carbocycles. The minimum Gasteiger partial charge on any atom is -0.488 e. The first-order chi connectivity index (χ1) is 11.2. The fraction of sp³-hybridized carbons (Fsp3) is 0.235. The van der Waals surface area contributed by atoms with E-state index >= 15 is 0 Å². The van der Waals surface area contributed by atoms with Crippen molar-refractivity contribution in [3.8, 4) is 5.75 Å². The van der Waals surface area contributed by atoms with Crippen molar-refractivity contribution >= 4 is 11.5 Å². The quantitative estimate of drug-likeness (QED) is 0.680. The molecule has 0 spiro atoms. The van der Waals surface area contributed by atoms with Gasteiger partial charge in [-0.1, -0.05) is 12.1 Å². The van der Waals surface area contributed by atoms with Gasteiger partial charge in [-0.3, -0.25) is 15.1 Å². The lowest BCUT2D eigenvalue weighted by Crippen LogP contribution is -2.30. The SMILES string of the molecule is O=[N+]([O-])c1ccc(COc2ccccc2C2=NCCCN2)cc1. The van der Waals surface area contributed by atoms with Crippen molar-refractivity contribution in [2.45, 2.75) is 13.0 Å². The van der Waals surface area contributed by atoms with Gasteiger partial charge < -0.3 is 10.1 Å². The number of nitrogens with one attached hydrogen (secondary N) is 1. The number of benzene rings is 2. The monoisotopic (exact) mass is 311 g/mol. The van der Waals surface area contributed by atoms with Crippen molar-refractivity contribution in [2.24, 2.45) is 4.99 Å². The number of aliphatic imine (C=N–C) groups is 1. The molecule has 3 rings (SSSR count). The molecule has 6 nitrogen and oxygen atoms in total. The fourth-order valence-corrected chi connectivity index (χ4v) is 2.38. The van der Waals surface area contributed by atoms with Gasteiger partial charge >= 0.3 is 0 Å². The smallest absolute Gasteiger partial charge is 0.269 e. The number of nitro benzene ring substituents is 1. The Labute approximate surface area is 134 Å². The van der Waals surface area contributed by atoms with Crippen molar-refractivity contribution in [3.05, 3.63) is 69.8 Å². The van der Waals surface area contributed by atoms with Gasteiger partial charge in [-0.05, 0) is 36.2 Å². The summed E-state index contributed by atoms with van der Waals surface area (Å²) in [5.41, 5.74) is 1.90. The summed E-state index contributed by atoms with van der Waals surface area (Å²) < 4.78 is 5.89. The first-order valence-corrected chi connectivity index (χ1v) is 7.48. The Morgan fingerprint density at radius 2 is 1.96 bits per heavy atom. The summed E-state index contributed by atoms with van der Waals surface area (Å²) in [5, 5.41) is 14.0. The van der Waals surface area contributed by atoms with Crippen LogP contribution in [0.3, 0.4) is 0 Å². The molecule has 0 amide bonds. The average molecular weight is 311 g/mol. The number of nitrogens with zero attached hydrogens (tertiary/aromatic N) is 2. The molecule has 0 fully saturated rings. The Bertz CT molecular complexity index is 726. The molecule has 1 N–H and O–H groups in total. The molecule has 23 heavy (non-hydrogen) atoms. The number of ether oxygens (including phenoxy) is 1. The molecule has 1 aliphatic rings. The highest BCUT2D eigenvalue weighted by molar-refractivity contribution is 6.01. The molecule has 1 heterocycles. The van der Waals surface area contributed by atoms with Crippen LogP contribution in [0.25, 0.3) is 0 Å². The number of para-hydroxylation sites is 1. The van der Waals surface area contributed by atoms with Crippen LogP contribution >= 0.6 is 0 Å². The lowest BCUT2D eigenvalue weighted by Gasteiger charge is -2.17. The molecule has 1 aliphatic heterocycles. The molecule has 2 aromatic carbocycles. The van der Waals surface area contributed by atoms with Crippen molar-refractivity contribution < 1.29 is 9.66 Å². The van der Waals surface area contributed by atoms with Gasteiger partial charge in [0.15, 0.2) is 0 Å². The standard InChI is InChI=1S/C17H17N3O3/c21-20(22)14-8-6-13(7-9-14)12-23-16-5-2-1-4-15(16)17-18-10-3-11-19-17/h1-2,4-9H,3,10-12H2,(H,18,19). The van der Waals surface area contributed by atoms with Gasteiger partial charge in [0, 0.05) is 25.2 Å². The average Bonchev–Trinajstić information content (AvgIpc) is 2.61. The highest BCUT2D eigenvalue weighted by atomic mass is 16.6. The normalized spacial score (nSPS) is 13.8. The molecule has 6 heteroatoms. The van der Waals surface area contributed by atoms with Crippen molar-refractivity contribution in [2.75, 3.05) is 13.1 Å². The molecular formula is C17H17N3O3. The number of hydrogen-bond acceptors (Lipinski definition) is 5. The summed E-state index contributed by atoms with van der Waals surface area (Å²) in [6.07, 6.45) is 1.04. The van der Waals surface area contributed by atoms with Crippen molar-refractivity contribution in [1.29, 1.82) is 0 Å². The third kappa shape index (κ3) is 3.66. The molecule has 118 valence electrons. The summed E-state index contributed by atoms with van der Waals surface area (Å²) in [5.74, 6) is 1.61. The number of nitro groups is 1. The van der Waals surface area contributed by atoms with Crippen LogP contribution in [0.15, 0.2) is 53.5 Å². The van der Waals surface area contributed by atoms with E-state index in [1.165, 1.54) is 12.1 Å². The second-order valence-corrected chi connectivity index (χ2v) is 5.22. The number of non-ortho nitro benzene ring substituents is 1. The van der Waals surface area contributed by atoms with Gasteiger partial charge in [0.25, 0.3) is 5.69 Å². The van der Waals surface area contributed by atoms with E-state index in [0.29, 0.717) is 6.61 Å². The summed E-state index contributed by atoms with van der Waals surface area (Å²) in [6, 6.07) is 14.1. The van der Waals surface area contributed by atoms with Gasteiger partial charge in [-0.2, -0.15) is 0 Å². The third-order valence-electron chi connectivity index (χ3n) is 3.58. The Kier molecular flexibility index (Phi) is 4.52. The maximum absolute atomic E-state index is 10.7. The summed E-state index contributed by atoms with van der Waals surface area (Å²) >= 11 is 0. The lowest BCUT2D eigenvalue weighted by molar-refractivity contribution is -0.384. The van der Waals surface area contributed by atoms with Gasteiger partial charge in [0.05, 0.1) is 10.5 Å². The minimum atomic E-state index is -0.410. The van der Waals surface area contributed by atoms with E-state index < -0.39 is 4.92 Å². The third-order valence-corrected chi connectivity index (χ3v) is 3.58. The molecule has 0 unspecified atom stereocenters. The number of hydrogen-bond donors (Lipinski definition) is 1. The zero-order chi connectivity index (χ0) is 16.1. The van der Waals surface area contributed by atoms with E-state index in [1.54, 1.807) is 12.1 Å². The Hall–Kier alpha value is -2.89. The molecule has 0 aliphatic carbocycles.